The van der Waals surface area contributed by atoms with E-state index in [2.05, 4.69) is 15.3 Å². The Labute approximate surface area is 178 Å². The number of nitrogens with zero attached hydrogens (tertiary/aromatic N) is 3. The third kappa shape index (κ3) is 3.26. The maximum absolute atomic E-state index is 13.0. The molecule has 1 N–H and O–H groups in total. The zero-order valence-electron chi connectivity index (χ0n) is 16.2. The highest BCUT2D eigenvalue weighted by Crippen LogP contribution is 2.48. The normalized spacial score (nSPS) is 12.9. The van der Waals surface area contributed by atoms with E-state index in [0.717, 1.165) is 22.7 Å². The molecule has 6 nitrogen and oxygen atoms in total. The number of aryl methyl sites for hydroxylation is 1. The molecule has 0 aliphatic carbocycles. The monoisotopic (exact) mass is 474 g/mol. The van der Waals surface area contributed by atoms with Crippen molar-refractivity contribution in [3.63, 3.8) is 0 Å². The number of rotatable bonds is 5. The number of nitrogens with one attached hydrogen (secondary N) is 1. The SMILES string of the molecule is CCNc1csc2c(S(=O)(=O)CC)c(-c3nc4cc(C(F)(F)F)ncc4n3C)sc12. The number of alkyl halides is 3. The van der Waals surface area contributed by atoms with Crippen LogP contribution in [-0.4, -0.2) is 35.3 Å². The maximum atomic E-state index is 13.0. The van der Waals surface area contributed by atoms with Crippen LogP contribution in [0, 0.1) is 0 Å². The summed E-state index contributed by atoms with van der Waals surface area (Å²) < 4.78 is 68.0. The number of fused-ring (bicyclic) bond motifs is 2. The van der Waals surface area contributed by atoms with Gasteiger partial charge in [-0.2, -0.15) is 13.2 Å². The maximum Gasteiger partial charge on any atom is 0.433 e. The summed E-state index contributed by atoms with van der Waals surface area (Å²) in [4.78, 5) is 8.47. The molecule has 0 atom stereocenters. The van der Waals surface area contributed by atoms with E-state index in [-0.39, 0.29) is 16.2 Å². The Morgan fingerprint density at radius 1 is 1.23 bits per heavy atom. The summed E-state index contributed by atoms with van der Waals surface area (Å²) in [6, 6.07) is 0.882. The van der Waals surface area contributed by atoms with Crippen LogP contribution in [0.4, 0.5) is 18.9 Å². The summed E-state index contributed by atoms with van der Waals surface area (Å²) in [7, 11) is -1.96. The fourth-order valence-electron chi connectivity index (χ4n) is 3.19. The third-order valence-electron chi connectivity index (χ3n) is 4.68. The van der Waals surface area contributed by atoms with Gasteiger partial charge in [-0.25, -0.2) is 18.4 Å². The second-order valence-electron chi connectivity index (χ2n) is 6.55. The van der Waals surface area contributed by atoms with Crippen LogP contribution < -0.4 is 5.32 Å². The summed E-state index contributed by atoms with van der Waals surface area (Å²) >= 11 is 2.60. The van der Waals surface area contributed by atoms with Crippen molar-refractivity contribution in [3.05, 3.63) is 23.3 Å². The molecule has 0 fully saturated rings. The van der Waals surface area contributed by atoms with Gasteiger partial charge in [0.05, 0.1) is 42.9 Å². The standard InChI is InChI=1S/C18H17F3N4O2S3/c1-4-22-10-8-28-14-13(10)29-15(16(14)30(26,27)5-2)17-24-9-6-12(18(19,20)21)23-7-11(9)25(17)3/h6-8,22H,4-5H2,1-3H3. The molecule has 0 aliphatic rings. The van der Waals surface area contributed by atoms with E-state index in [9.17, 15) is 21.6 Å². The van der Waals surface area contributed by atoms with E-state index >= 15 is 0 Å². The molecule has 0 aromatic carbocycles. The highest BCUT2D eigenvalue weighted by atomic mass is 32.2. The molecule has 4 aromatic rings. The van der Waals surface area contributed by atoms with E-state index in [1.807, 2.05) is 12.3 Å². The zero-order valence-corrected chi connectivity index (χ0v) is 18.6. The number of halogens is 3. The average molecular weight is 475 g/mol. The first-order chi connectivity index (χ1) is 14.1. The first-order valence-corrected chi connectivity index (χ1v) is 12.3. The second-order valence-corrected chi connectivity index (χ2v) is 10.7. The largest absolute Gasteiger partial charge is 0.433 e. The number of imidazole rings is 1. The highest BCUT2D eigenvalue weighted by Gasteiger charge is 2.34. The van der Waals surface area contributed by atoms with Crippen molar-refractivity contribution in [3.8, 4) is 10.7 Å². The van der Waals surface area contributed by atoms with Crippen LogP contribution in [0.15, 0.2) is 22.5 Å². The Morgan fingerprint density at radius 2 is 1.97 bits per heavy atom. The fraction of sp³-hybridized carbons (Fsp3) is 0.333. The molecule has 0 saturated heterocycles. The lowest BCUT2D eigenvalue weighted by atomic mass is 10.3. The van der Waals surface area contributed by atoms with E-state index in [4.69, 9.17) is 0 Å². The van der Waals surface area contributed by atoms with E-state index < -0.39 is 21.7 Å². The number of hydrogen-bond donors (Lipinski definition) is 1. The molecule has 30 heavy (non-hydrogen) atoms. The number of thiophene rings is 2. The molecule has 160 valence electrons. The van der Waals surface area contributed by atoms with E-state index in [1.54, 1.807) is 18.5 Å². The van der Waals surface area contributed by atoms with Crippen LogP contribution in [0.25, 0.3) is 31.1 Å². The van der Waals surface area contributed by atoms with Crippen molar-refractivity contribution in [1.29, 1.82) is 0 Å². The van der Waals surface area contributed by atoms with Crippen LogP contribution in [0.5, 0.6) is 0 Å². The Balaban J connectivity index is 2.02. The lowest BCUT2D eigenvalue weighted by molar-refractivity contribution is -0.141. The Bertz CT molecular complexity index is 1370. The molecule has 0 aliphatic heterocycles. The van der Waals surface area contributed by atoms with Crippen molar-refractivity contribution in [2.24, 2.45) is 7.05 Å². The molecule has 0 bridgehead atoms. The van der Waals surface area contributed by atoms with Gasteiger partial charge in [-0.05, 0) is 13.0 Å². The van der Waals surface area contributed by atoms with Gasteiger partial charge < -0.3 is 9.88 Å². The highest BCUT2D eigenvalue weighted by molar-refractivity contribution is 7.92. The first kappa shape index (κ1) is 21.1. The number of sulfone groups is 1. The summed E-state index contributed by atoms with van der Waals surface area (Å²) in [5.74, 6) is 0.207. The van der Waals surface area contributed by atoms with Crippen molar-refractivity contribution >= 4 is 58.6 Å². The van der Waals surface area contributed by atoms with Crippen LogP contribution >= 0.6 is 22.7 Å². The summed E-state index contributed by atoms with van der Waals surface area (Å²) in [6.45, 7) is 4.18. The van der Waals surface area contributed by atoms with Gasteiger partial charge in [-0.1, -0.05) is 6.92 Å². The van der Waals surface area contributed by atoms with Crippen LogP contribution in [0.2, 0.25) is 0 Å². The number of anilines is 1. The summed E-state index contributed by atoms with van der Waals surface area (Å²) in [5.41, 5.74) is 0.295. The first-order valence-electron chi connectivity index (χ1n) is 8.99. The number of hydrogen-bond acceptors (Lipinski definition) is 7. The van der Waals surface area contributed by atoms with Crippen molar-refractivity contribution in [2.75, 3.05) is 17.6 Å². The van der Waals surface area contributed by atoms with Crippen molar-refractivity contribution in [2.45, 2.75) is 24.9 Å². The van der Waals surface area contributed by atoms with Gasteiger partial charge in [0.2, 0.25) is 0 Å². The minimum atomic E-state index is -4.59. The number of aromatic nitrogens is 3. The predicted molar refractivity (Wildman–Crippen MR) is 114 cm³/mol. The number of pyridine rings is 1. The molecule has 0 radical (unpaired) electrons. The molecule has 12 heteroatoms. The quantitative estimate of drug-likeness (QED) is 0.433. The topological polar surface area (TPSA) is 76.9 Å². The van der Waals surface area contributed by atoms with E-state index in [1.165, 1.54) is 22.7 Å². The van der Waals surface area contributed by atoms with Gasteiger partial charge in [-0.3, -0.25) is 0 Å². The average Bonchev–Trinajstić information content (AvgIpc) is 3.34. The predicted octanol–water partition coefficient (Wildman–Crippen LogP) is 5.16. The van der Waals surface area contributed by atoms with Crippen LogP contribution in [0.3, 0.4) is 0 Å². The molecule has 4 aromatic heterocycles. The van der Waals surface area contributed by atoms with Gasteiger partial charge in [0.25, 0.3) is 0 Å². The van der Waals surface area contributed by atoms with Crippen molar-refractivity contribution in [1.82, 2.24) is 14.5 Å². The Morgan fingerprint density at radius 3 is 2.60 bits per heavy atom. The van der Waals surface area contributed by atoms with Crippen LogP contribution in [-0.2, 0) is 23.1 Å². The van der Waals surface area contributed by atoms with Gasteiger partial charge >= 0.3 is 6.18 Å². The summed E-state index contributed by atoms with van der Waals surface area (Å²) in [6.07, 6.45) is -3.47. The summed E-state index contributed by atoms with van der Waals surface area (Å²) in [5, 5.41) is 5.09. The molecular formula is C18H17F3N4O2S3. The third-order valence-corrected chi connectivity index (χ3v) is 9.08. The molecule has 4 rings (SSSR count). The fourth-order valence-corrected chi connectivity index (χ4v) is 7.71. The Hall–Kier alpha value is -2.18. The minimum Gasteiger partial charge on any atom is -0.383 e. The second kappa shape index (κ2) is 7.20. The molecule has 0 unspecified atom stereocenters. The molecular weight excluding hydrogens is 457 g/mol. The molecule has 0 spiro atoms. The van der Waals surface area contributed by atoms with Gasteiger partial charge in [-0.15, -0.1) is 22.7 Å². The zero-order chi connectivity index (χ0) is 21.8. The van der Waals surface area contributed by atoms with Gasteiger partial charge in [0, 0.05) is 19.0 Å². The van der Waals surface area contributed by atoms with E-state index in [0.29, 0.717) is 27.5 Å². The lowest BCUT2D eigenvalue weighted by Gasteiger charge is -2.05. The van der Waals surface area contributed by atoms with Gasteiger partial charge in [0.1, 0.15) is 10.6 Å². The molecule has 4 heterocycles. The van der Waals surface area contributed by atoms with Gasteiger partial charge in [0.15, 0.2) is 15.7 Å². The van der Waals surface area contributed by atoms with Crippen LogP contribution in [0.1, 0.15) is 19.5 Å². The molecule has 0 amide bonds. The lowest BCUT2D eigenvalue weighted by Crippen LogP contribution is -2.07. The Kier molecular flexibility index (Phi) is 5.06. The smallest absolute Gasteiger partial charge is 0.383 e. The molecule has 0 saturated carbocycles. The minimum absolute atomic E-state index is 0.0933. The van der Waals surface area contributed by atoms with Crippen molar-refractivity contribution < 1.29 is 21.6 Å².